The molecule has 2 aromatic heterocycles. The van der Waals surface area contributed by atoms with E-state index in [1.165, 1.54) is 0 Å². The van der Waals surface area contributed by atoms with Crippen LogP contribution >= 0.6 is 0 Å². The van der Waals surface area contributed by atoms with E-state index in [-0.39, 0.29) is 0 Å². The lowest BCUT2D eigenvalue weighted by atomic mass is 10.4. The van der Waals surface area contributed by atoms with Gasteiger partial charge in [-0.1, -0.05) is 0 Å². The number of nitrogens with zero attached hydrogens (tertiary/aromatic N) is 3. The maximum Gasteiger partial charge on any atom is 0.233 e. The van der Waals surface area contributed by atoms with Gasteiger partial charge in [0, 0.05) is 24.7 Å². The molecule has 72 valence electrons. The molecule has 0 fully saturated rings. The molecule has 0 saturated carbocycles. The van der Waals surface area contributed by atoms with Crippen molar-refractivity contribution >= 4 is 0 Å². The largest absolute Gasteiger partial charge is 0.477 e. The minimum absolute atomic E-state index is 0.632. The smallest absolute Gasteiger partial charge is 0.233 e. The zero-order valence-electron chi connectivity index (χ0n) is 7.92. The normalized spacial score (nSPS) is 10.1. The van der Waals surface area contributed by atoms with Gasteiger partial charge in [-0.3, -0.25) is 4.98 Å². The standard InChI is InChI=1S/C10H11N3O/c1-2-14-10-5-8-13(12-10)9-3-6-11-7-4-9/h3-8H,2H2,1H3. The van der Waals surface area contributed by atoms with Crippen molar-refractivity contribution in [3.05, 3.63) is 36.8 Å². The van der Waals surface area contributed by atoms with Gasteiger partial charge in [-0.2, -0.15) is 0 Å². The highest BCUT2D eigenvalue weighted by atomic mass is 16.5. The molecule has 14 heavy (non-hydrogen) atoms. The lowest BCUT2D eigenvalue weighted by Crippen LogP contribution is -1.96. The van der Waals surface area contributed by atoms with Crippen molar-refractivity contribution in [2.75, 3.05) is 6.61 Å². The predicted octanol–water partition coefficient (Wildman–Crippen LogP) is 1.67. The number of pyridine rings is 1. The van der Waals surface area contributed by atoms with Crippen molar-refractivity contribution in [2.24, 2.45) is 0 Å². The van der Waals surface area contributed by atoms with E-state index >= 15 is 0 Å². The van der Waals surface area contributed by atoms with Gasteiger partial charge in [0.1, 0.15) is 0 Å². The van der Waals surface area contributed by atoms with Crippen molar-refractivity contribution in [3.63, 3.8) is 0 Å². The monoisotopic (exact) mass is 189 g/mol. The van der Waals surface area contributed by atoms with Crippen LogP contribution < -0.4 is 4.74 Å². The third-order valence-corrected chi connectivity index (χ3v) is 1.78. The highest BCUT2D eigenvalue weighted by Gasteiger charge is 1.99. The lowest BCUT2D eigenvalue weighted by molar-refractivity contribution is 0.324. The molecule has 0 bridgehead atoms. The Morgan fingerprint density at radius 2 is 2.07 bits per heavy atom. The maximum atomic E-state index is 5.26. The van der Waals surface area contributed by atoms with Crippen LogP contribution in [0, 0.1) is 0 Å². The van der Waals surface area contributed by atoms with Crippen LogP contribution in [0.4, 0.5) is 0 Å². The fourth-order valence-electron chi connectivity index (χ4n) is 1.17. The first-order valence-electron chi connectivity index (χ1n) is 4.49. The summed E-state index contributed by atoms with van der Waals surface area (Å²) in [6, 6.07) is 5.62. The van der Waals surface area contributed by atoms with Crippen molar-refractivity contribution in [2.45, 2.75) is 6.92 Å². The molecule has 4 heteroatoms. The van der Waals surface area contributed by atoms with Crippen LogP contribution in [0.15, 0.2) is 36.8 Å². The van der Waals surface area contributed by atoms with Gasteiger partial charge in [-0.05, 0) is 19.1 Å². The summed E-state index contributed by atoms with van der Waals surface area (Å²) in [5, 5.41) is 4.24. The van der Waals surface area contributed by atoms with Crippen molar-refractivity contribution in [3.8, 4) is 11.6 Å². The average molecular weight is 189 g/mol. The van der Waals surface area contributed by atoms with Crippen LogP contribution in [0.2, 0.25) is 0 Å². The van der Waals surface area contributed by atoms with Crippen LogP contribution in [-0.2, 0) is 0 Å². The second kappa shape index (κ2) is 3.91. The Kier molecular flexibility index (Phi) is 2.44. The van der Waals surface area contributed by atoms with Gasteiger partial charge in [-0.25, -0.2) is 4.68 Å². The fourth-order valence-corrected chi connectivity index (χ4v) is 1.17. The first-order valence-corrected chi connectivity index (χ1v) is 4.49. The van der Waals surface area contributed by atoms with E-state index in [9.17, 15) is 0 Å². The summed E-state index contributed by atoms with van der Waals surface area (Å²) in [5.41, 5.74) is 0.978. The van der Waals surface area contributed by atoms with Gasteiger partial charge in [0.05, 0.1) is 12.3 Å². The van der Waals surface area contributed by atoms with E-state index in [1.54, 1.807) is 17.1 Å². The third kappa shape index (κ3) is 1.74. The van der Waals surface area contributed by atoms with Crippen molar-refractivity contribution in [1.29, 1.82) is 0 Å². The highest BCUT2D eigenvalue weighted by molar-refractivity contribution is 5.28. The molecule has 0 spiro atoms. The molecule has 0 amide bonds. The molecule has 0 aromatic carbocycles. The second-order valence-electron chi connectivity index (χ2n) is 2.74. The summed E-state index contributed by atoms with van der Waals surface area (Å²) >= 11 is 0. The number of aromatic nitrogens is 3. The third-order valence-electron chi connectivity index (χ3n) is 1.78. The summed E-state index contributed by atoms with van der Waals surface area (Å²) in [7, 11) is 0. The van der Waals surface area contributed by atoms with E-state index in [1.807, 2.05) is 31.3 Å². The molecule has 4 nitrogen and oxygen atoms in total. The molecule has 0 saturated heterocycles. The minimum Gasteiger partial charge on any atom is -0.477 e. The Labute approximate surface area is 82.2 Å². The average Bonchev–Trinajstić information content (AvgIpc) is 2.68. The van der Waals surface area contributed by atoms with Crippen LogP contribution in [0.3, 0.4) is 0 Å². The minimum atomic E-state index is 0.632. The molecule has 2 heterocycles. The van der Waals surface area contributed by atoms with Gasteiger partial charge in [0.2, 0.25) is 5.88 Å². The van der Waals surface area contributed by atoms with Crippen molar-refractivity contribution < 1.29 is 4.74 Å². The Bertz CT molecular complexity index is 397. The van der Waals surface area contributed by atoms with Gasteiger partial charge < -0.3 is 4.74 Å². The molecule has 0 aliphatic rings. The fraction of sp³-hybridized carbons (Fsp3) is 0.200. The van der Waals surface area contributed by atoms with Crippen molar-refractivity contribution in [1.82, 2.24) is 14.8 Å². The Morgan fingerprint density at radius 3 is 2.79 bits per heavy atom. The number of hydrogen-bond donors (Lipinski definition) is 0. The Morgan fingerprint density at radius 1 is 1.29 bits per heavy atom. The van der Waals surface area contributed by atoms with E-state index < -0.39 is 0 Å². The Balaban J connectivity index is 2.25. The topological polar surface area (TPSA) is 39.9 Å². The molecule has 0 N–H and O–H groups in total. The summed E-state index contributed by atoms with van der Waals surface area (Å²) in [5.74, 6) is 0.643. The van der Waals surface area contributed by atoms with Crippen LogP contribution in [0.25, 0.3) is 5.69 Å². The number of hydrogen-bond acceptors (Lipinski definition) is 3. The van der Waals surface area contributed by atoms with Crippen LogP contribution in [-0.4, -0.2) is 21.4 Å². The molecule has 2 aromatic rings. The molecule has 0 aliphatic carbocycles. The molecule has 2 rings (SSSR count). The van der Waals surface area contributed by atoms with E-state index in [4.69, 9.17) is 4.74 Å². The van der Waals surface area contributed by atoms with Gasteiger partial charge in [-0.15, -0.1) is 5.10 Å². The molecule has 0 radical (unpaired) electrons. The summed E-state index contributed by atoms with van der Waals surface area (Å²) < 4.78 is 7.02. The molecule has 0 unspecified atom stereocenters. The van der Waals surface area contributed by atoms with Gasteiger partial charge in [0.15, 0.2) is 0 Å². The molecule has 0 atom stereocenters. The number of rotatable bonds is 3. The van der Waals surface area contributed by atoms with Gasteiger partial charge >= 0.3 is 0 Å². The van der Waals surface area contributed by atoms with Crippen LogP contribution in [0.1, 0.15) is 6.92 Å². The Hall–Kier alpha value is -1.84. The lowest BCUT2D eigenvalue weighted by Gasteiger charge is -1.99. The zero-order valence-corrected chi connectivity index (χ0v) is 7.92. The van der Waals surface area contributed by atoms with E-state index in [0.29, 0.717) is 12.5 Å². The zero-order chi connectivity index (χ0) is 9.80. The summed E-state index contributed by atoms with van der Waals surface area (Å²) in [6.45, 7) is 2.57. The molecular formula is C10H11N3O. The predicted molar refractivity (Wildman–Crippen MR) is 52.5 cm³/mol. The quantitative estimate of drug-likeness (QED) is 0.737. The maximum absolute atomic E-state index is 5.26. The van der Waals surface area contributed by atoms with Crippen LogP contribution in [0.5, 0.6) is 5.88 Å². The number of ether oxygens (including phenoxy) is 1. The first kappa shape index (κ1) is 8.74. The summed E-state index contributed by atoms with van der Waals surface area (Å²) in [6.07, 6.45) is 5.33. The highest BCUT2D eigenvalue weighted by Crippen LogP contribution is 2.10. The van der Waals surface area contributed by atoms with E-state index in [0.717, 1.165) is 5.69 Å². The molecule has 0 aliphatic heterocycles. The SMILES string of the molecule is CCOc1ccn(-c2ccncc2)n1. The van der Waals surface area contributed by atoms with E-state index in [2.05, 4.69) is 10.1 Å². The molecular weight excluding hydrogens is 178 g/mol. The first-order chi connectivity index (χ1) is 6.90. The van der Waals surface area contributed by atoms with Gasteiger partial charge in [0.25, 0.3) is 0 Å². The second-order valence-corrected chi connectivity index (χ2v) is 2.74. The summed E-state index contributed by atoms with van der Waals surface area (Å²) in [4.78, 5) is 3.94.